The SMILES string of the molecule is Cc1ccc(NC(=O)CCCC(=O)[C@H](C#N)c2c(Cl)cccc2Cl)cc1C. The van der Waals surface area contributed by atoms with Gasteiger partial charge in [-0.05, 0) is 55.7 Å². The van der Waals surface area contributed by atoms with Crippen LogP contribution in [0.1, 0.15) is 41.9 Å². The Hall–Kier alpha value is -2.35. The minimum atomic E-state index is -1.03. The van der Waals surface area contributed by atoms with Gasteiger partial charge < -0.3 is 5.32 Å². The summed E-state index contributed by atoms with van der Waals surface area (Å²) in [4.78, 5) is 24.5. The molecule has 0 aliphatic rings. The normalized spacial score (nSPS) is 11.5. The molecule has 0 fully saturated rings. The van der Waals surface area contributed by atoms with Crippen LogP contribution in [0.3, 0.4) is 0 Å². The van der Waals surface area contributed by atoms with Gasteiger partial charge in [0, 0.05) is 34.1 Å². The molecule has 0 spiro atoms. The van der Waals surface area contributed by atoms with Gasteiger partial charge in [0.1, 0.15) is 5.92 Å². The number of ketones is 1. The lowest BCUT2D eigenvalue weighted by atomic mass is 9.93. The van der Waals surface area contributed by atoms with Gasteiger partial charge in [0.15, 0.2) is 5.78 Å². The molecule has 0 aromatic heterocycles. The number of nitriles is 1. The minimum absolute atomic E-state index is 0.0973. The quantitative estimate of drug-likeness (QED) is 0.655. The van der Waals surface area contributed by atoms with E-state index in [9.17, 15) is 14.9 Å². The van der Waals surface area contributed by atoms with Crippen LogP contribution >= 0.6 is 23.2 Å². The van der Waals surface area contributed by atoms with Crippen molar-refractivity contribution < 1.29 is 9.59 Å². The van der Waals surface area contributed by atoms with Gasteiger partial charge in [0.05, 0.1) is 6.07 Å². The second-order valence-corrected chi connectivity index (χ2v) is 7.18. The van der Waals surface area contributed by atoms with Gasteiger partial charge in [0.2, 0.25) is 5.91 Å². The highest BCUT2D eigenvalue weighted by atomic mass is 35.5. The zero-order chi connectivity index (χ0) is 20.0. The molecule has 0 bridgehead atoms. The van der Waals surface area contributed by atoms with Crippen LogP contribution < -0.4 is 5.32 Å². The monoisotopic (exact) mass is 402 g/mol. The molecule has 2 aromatic rings. The molecule has 2 aromatic carbocycles. The molecule has 0 aliphatic carbocycles. The number of hydrogen-bond acceptors (Lipinski definition) is 3. The lowest BCUT2D eigenvalue weighted by Gasteiger charge is -2.12. The molecule has 0 heterocycles. The Morgan fingerprint density at radius 1 is 1.07 bits per heavy atom. The highest BCUT2D eigenvalue weighted by Gasteiger charge is 2.24. The maximum atomic E-state index is 12.4. The number of carbonyl (C=O) groups excluding carboxylic acids is 2. The third-order valence-electron chi connectivity index (χ3n) is 4.36. The van der Waals surface area contributed by atoms with E-state index in [1.165, 1.54) is 0 Å². The first-order valence-corrected chi connectivity index (χ1v) is 9.32. The average molecular weight is 403 g/mol. The fourth-order valence-corrected chi connectivity index (χ4v) is 3.31. The standard InChI is InChI=1S/C21H20Cl2N2O2/c1-13-9-10-15(11-14(13)2)25-20(27)8-4-7-19(26)16(12-24)21-17(22)5-3-6-18(21)23/h3,5-6,9-11,16H,4,7-8H2,1-2H3,(H,25,27)/t16-/m0/s1. The molecule has 140 valence electrons. The molecule has 27 heavy (non-hydrogen) atoms. The third-order valence-corrected chi connectivity index (χ3v) is 5.02. The van der Waals surface area contributed by atoms with Crippen molar-refractivity contribution in [2.75, 3.05) is 5.32 Å². The maximum Gasteiger partial charge on any atom is 0.224 e. The van der Waals surface area contributed by atoms with Crippen molar-refractivity contribution in [3.8, 4) is 6.07 Å². The number of amides is 1. The van der Waals surface area contributed by atoms with E-state index in [-0.39, 0.29) is 34.6 Å². The maximum absolute atomic E-state index is 12.4. The van der Waals surface area contributed by atoms with Crippen molar-refractivity contribution in [2.24, 2.45) is 0 Å². The fourth-order valence-electron chi connectivity index (χ4n) is 2.69. The predicted molar refractivity (Wildman–Crippen MR) is 108 cm³/mol. The summed E-state index contributed by atoms with van der Waals surface area (Å²) in [6, 6.07) is 12.5. The van der Waals surface area contributed by atoms with Crippen LogP contribution in [-0.4, -0.2) is 11.7 Å². The zero-order valence-corrected chi connectivity index (χ0v) is 16.7. The lowest BCUT2D eigenvalue weighted by Crippen LogP contribution is -2.15. The summed E-state index contributed by atoms with van der Waals surface area (Å²) in [5.74, 6) is -1.50. The largest absolute Gasteiger partial charge is 0.326 e. The predicted octanol–water partition coefficient (Wildman–Crippen LogP) is 5.60. The van der Waals surface area contributed by atoms with Crippen LogP contribution in [0.4, 0.5) is 5.69 Å². The molecule has 1 amide bonds. The van der Waals surface area contributed by atoms with E-state index >= 15 is 0 Å². The van der Waals surface area contributed by atoms with Crippen LogP contribution in [0.25, 0.3) is 0 Å². The Bertz CT molecular complexity index is 883. The van der Waals surface area contributed by atoms with Gasteiger partial charge in [0.25, 0.3) is 0 Å². The topological polar surface area (TPSA) is 70.0 Å². The van der Waals surface area contributed by atoms with Crippen molar-refractivity contribution in [3.05, 3.63) is 63.1 Å². The lowest BCUT2D eigenvalue weighted by molar-refractivity contribution is -0.119. The Balaban J connectivity index is 1.91. The smallest absolute Gasteiger partial charge is 0.224 e. The molecule has 0 unspecified atom stereocenters. The van der Waals surface area contributed by atoms with Gasteiger partial charge in [-0.15, -0.1) is 0 Å². The molecular formula is C21H20Cl2N2O2. The molecule has 6 heteroatoms. The number of halogens is 2. The van der Waals surface area contributed by atoms with Crippen molar-refractivity contribution in [1.82, 2.24) is 0 Å². The Labute approximate surface area is 169 Å². The van der Waals surface area contributed by atoms with E-state index in [1.54, 1.807) is 18.2 Å². The fraction of sp³-hybridized carbons (Fsp3) is 0.286. The molecule has 1 N–H and O–H groups in total. The molecule has 4 nitrogen and oxygen atoms in total. The first-order valence-electron chi connectivity index (χ1n) is 8.57. The van der Waals surface area contributed by atoms with Gasteiger partial charge in [-0.3, -0.25) is 9.59 Å². The number of anilines is 1. The first-order chi connectivity index (χ1) is 12.8. The van der Waals surface area contributed by atoms with Crippen LogP contribution in [-0.2, 0) is 9.59 Å². The van der Waals surface area contributed by atoms with Crippen LogP contribution in [0.5, 0.6) is 0 Å². The zero-order valence-electron chi connectivity index (χ0n) is 15.2. The van der Waals surface area contributed by atoms with Gasteiger partial charge in [-0.2, -0.15) is 5.26 Å². The van der Waals surface area contributed by atoms with E-state index in [2.05, 4.69) is 5.32 Å². The third kappa shape index (κ3) is 5.56. The van der Waals surface area contributed by atoms with E-state index in [0.29, 0.717) is 12.0 Å². The molecule has 1 atom stereocenters. The van der Waals surface area contributed by atoms with Gasteiger partial charge in [-0.1, -0.05) is 35.3 Å². The van der Waals surface area contributed by atoms with Gasteiger partial charge in [-0.25, -0.2) is 0 Å². The molecule has 0 radical (unpaired) electrons. The number of benzene rings is 2. The number of Topliss-reactive ketones (excluding diaryl/α,β-unsaturated/α-hetero) is 1. The summed E-state index contributed by atoms with van der Waals surface area (Å²) in [7, 11) is 0. The van der Waals surface area contributed by atoms with E-state index < -0.39 is 5.92 Å². The number of nitrogens with one attached hydrogen (secondary N) is 1. The number of nitrogens with zero attached hydrogens (tertiary/aromatic N) is 1. The van der Waals surface area contributed by atoms with Crippen LogP contribution in [0.2, 0.25) is 10.0 Å². The van der Waals surface area contributed by atoms with Crippen molar-refractivity contribution >= 4 is 40.6 Å². The molecule has 0 saturated carbocycles. The van der Waals surface area contributed by atoms with E-state index in [4.69, 9.17) is 23.2 Å². The highest BCUT2D eigenvalue weighted by Crippen LogP contribution is 2.32. The van der Waals surface area contributed by atoms with Crippen molar-refractivity contribution in [1.29, 1.82) is 5.26 Å². The average Bonchev–Trinajstić information content (AvgIpc) is 2.61. The summed E-state index contributed by atoms with van der Waals surface area (Å²) in [6.07, 6.45) is 0.628. The van der Waals surface area contributed by atoms with E-state index in [1.807, 2.05) is 38.1 Å². The number of hydrogen-bond donors (Lipinski definition) is 1. The summed E-state index contributed by atoms with van der Waals surface area (Å²) in [5, 5.41) is 12.8. The second-order valence-electron chi connectivity index (χ2n) is 6.36. The first kappa shape index (κ1) is 21.0. The van der Waals surface area contributed by atoms with E-state index in [0.717, 1.165) is 16.8 Å². The Morgan fingerprint density at radius 3 is 2.33 bits per heavy atom. The minimum Gasteiger partial charge on any atom is -0.326 e. The summed E-state index contributed by atoms with van der Waals surface area (Å²) < 4.78 is 0. The number of rotatable bonds is 7. The highest BCUT2D eigenvalue weighted by molar-refractivity contribution is 6.36. The summed E-state index contributed by atoms with van der Waals surface area (Å²) in [6.45, 7) is 3.98. The molecule has 0 aliphatic heterocycles. The summed E-state index contributed by atoms with van der Waals surface area (Å²) >= 11 is 12.2. The number of carbonyl (C=O) groups is 2. The van der Waals surface area contributed by atoms with Gasteiger partial charge >= 0.3 is 0 Å². The number of aryl methyl sites for hydroxylation is 2. The molecule has 0 saturated heterocycles. The van der Waals surface area contributed by atoms with Crippen molar-refractivity contribution in [2.45, 2.75) is 39.0 Å². The van der Waals surface area contributed by atoms with Crippen LogP contribution in [0.15, 0.2) is 36.4 Å². The Kier molecular flexibility index (Phi) is 7.41. The van der Waals surface area contributed by atoms with Crippen LogP contribution in [0, 0.1) is 25.2 Å². The molecular weight excluding hydrogens is 383 g/mol. The van der Waals surface area contributed by atoms with Crippen molar-refractivity contribution in [3.63, 3.8) is 0 Å². The Morgan fingerprint density at radius 2 is 1.74 bits per heavy atom. The second kappa shape index (κ2) is 9.55. The summed E-state index contributed by atoms with van der Waals surface area (Å²) in [5.41, 5.74) is 3.30. The molecule has 2 rings (SSSR count).